The van der Waals surface area contributed by atoms with Crippen molar-refractivity contribution in [3.05, 3.63) is 72.1 Å². The summed E-state index contributed by atoms with van der Waals surface area (Å²) in [6.07, 6.45) is 4.98. The molecule has 1 aromatic heterocycles. The third-order valence-electron chi connectivity index (χ3n) is 3.04. The molecule has 0 fully saturated rings. The number of rotatable bonds is 4. The van der Waals surface area contributed by atoms with Gasteiger partial charge in [-0.25, -0.2) is 22.1 Å². The van der Waals surface area contributed by atoms with E-state index in [4.69, 9.17) is 0 Å². The Morgan fingerprint density at radius 2 is 1.95 bits per heavy atom. The third kappa shape index (κ3) is 3.99. The van der Waals surface area contributed by atoms with Crippen LogP contribution in [-0.4, -0.2) is 16.5 Å². The van der Waals surface area contributed by atoms with Crippen LogP contribution in [-0.2, 0) is 32.7 Å². The van der Waals surface area contributed by atoms with Crippen LogP contribution in [0.4, 0.5) is 5.82 Å². The quantitative estimate of drug-likeness (QED) is 0.719. The van der Waals surface area contributed by atoms with Gasteiger partial charge >= 0.3 is 0 Å². The second kappa shape index (κ2) is 8.16. The summed E-state index contributed by atoms with van der Waals surface area (Å²) in [6.45, 7) is 2.87. The molecule has 0 aliphatic heterocycles. The monoisotopic (exact) mass is 362 g/mol. The van der Waals surface area contributed by atoms with E-state index in [0.29, 0.717) is 5.82 Å². The van der Waals surface area contributed by atoms with Crippen LogP contribution in [0.1, 0.15) is 18.3 Å². The minimum atomic E-state index is 0. The Morgan fingerprint density at radius 3 is 2.73 bits per heavy atom. The average Bonchev–Trinajstić information content (AvgIpc) is 2.54. The fourth-order valence-electron chi connectivity index (χ4n) is 2.08. The van der Waals surface area contributed by atoms with Gasteiger partial charge in [0.15, 0.2) is 0 Å². The topological polar surface area (TPSA) is 37.8 Å². The van der Waals surface area contributed by atoms with E-state index in [2.05, 4.69) is 34.4 Å². The van der Waals surface area contributed by atoms with E-state index in [1.165, 1.54) is 0 Å². The first-order chi connectivity index (χ1) is 10.4. The number of fused-ring (bicyclic) bond motifs is 1. The molecule has 107 valence electrons. The summed E-state index contributed by atoms with van der Waals surface area (Å²) in [5.74, 6) is 1.41. The Morgan fingerprint density at radius 1 is 1.14 bits per heavy atom. The van der Waals surface area contributed by atoms with Gasteiger partial charge < -0.3 is 17.0 Å². The summed E-state index contributed by atoms with van der Waals surface area (Å²) in [5.41, 5.74) is 1.87. The Hall–Kier alpha value is -1.58. The van der Waals surface area contributed by atoms with Gasteiger partial charge in [-0.15, -0.1) is 6.07 Å². The van der Waals surface area contributed by atoms with Crippen LogP contribution in [0.25, 0.3) is 17.0 Å². The van der Waals surface area contributed by atoms with E-state index in [-0.39, 0.29) is 32.7 Å². The molecule has 3 aromatic rings. The minimum absolute atomic E-state index is 0. The molecule has 22 heavy (non-hydrogen) atoms. The molecule has 2 aromatic carbocycles. The maximum absolute atomic E-state index is 4.53. The molecule has 0 bridgehead atoms. The summed E-state index contributed by atoms with van der Waals surface area (Å²) >= 11 is 0. The van der Waals surface area contributed by atoms with E-state index < -0.39 is 0 Å². The maximum Gasteiger partial charge on any atom is 0.136 e. The molecular formula is C18H15N3Y-2. The van der Waals surface area contributed by atoms with Crippen molar-refractivity contribution in [2.24, 2.45) is 0 Å². The van der Waals surface area contributed by atoms with Gasteiger partial charge in [0.25, 0.3) is 0 Å². The zero-order chi connectivity index (χ0) is 14.5. The number of nitrogens with zero attached hydrogens (tertiary/aromatic N) is 2. The number of anilines is 1. The normalized spacial score (nSPS) is 10.6. The third-order valence-corrected chi connectivity index (χ3v) is 3.04. The zero-order valence-corrected chi connectivity index (χ0v) is 15.2. The molecule has 0 saturated carbocycles. The van der Waals surface area contributed by atoms with E-state index in [1.54, 1.807) is 0 Å². The number of para-hydroxylation sites is 1. The molecule has 1 N–H and O–H groups in total. The Bertz CT molecular complexity index is 770. The molecule has 0 amide bonds. The van der Waals surface area contributed by atoms with Crippen molar-refractivity contribution in [1.29, 1.82) is 0 Å². The first-order valence-electron chi connectivity index (χ1n) is 6.94. The fourth-order valence-corrected chi connectivity index (χ4v) is 2.08. The number of hydrogen-bond donors (Lipinski definition) is 1. The number of benzene rings is 2. The first kappa shape index (κ1) is 16.8. The van der Waals surface area contributed by atoms with Gasteiger partial charge in [0.2, 0.25) is 0 Å². The van der Waals surface area contributed by atoms with Gasteiger partial charge in [-0.1, -0.05) is 12.1 Å². The van der Waals surface area contributed by atoms with E-state index in [0.717, 1.165) is 28.8 Å². The van der Waals surface area contributed by atoms with Crippen LogP contribution in [0.2, 0.25) is 0 Å². The molecule has 0 unspecified atom stereocenters. The summed E-state index contributed by atoms with van der Waals surface area (Å²) in [6, 6.07) is 18.8. The molecule has 3 rings (SSSR count). The Balaban J connectivity index is 0.00000176. The second-order valence-corrected chi connectivity index (χ2v) is 4.55. The standard InChI is InChI=1S/C18H15N3.Y/c1-2-19-18-15-10-6-7-11-16(15)20-17(21-18)13-12-14-8-4-3-5-9-14;/h3-8,10-12H,2H2,1H3,(H,19,20,21);/q-2;. The fraction of sp³-hybridized carbons (Fsp3) is 0.111. The van der Waals surface area contributed by atoms with Crippen molar-refractivity contribution in [2.75, 3.05) is 11.9 Å². The van der Waals surface area contributed by atoms with Crippen molar-refractivity contribution in [3.8, 4) is 0 Å². The van der Waals surface area contributed by atoms with Crippen molar-refractivity contribution >= 4 is 22.8 Å². The average molecular weight is 362 g/mol. The molecular weight excluding hydrogens is 347 g/mol. The molecule has 0 spiro atoms. The van der Waals surface area contributed by atoms with Crippen molar-refractivity contribution < 1.29 is 32.7 Å². The zero-order valence-electron chi connectivity index (χ0n) is 12.4. The predicted molar refractivity (Wildman–Crippen MR) is 85.8 cm³/mol. The van der Waals surface area contributed by atoms with Gasteiger partial charge in [-0.05, 0) is 19.1 Å². The summed E-state index contributed by atoms with van der Waals surface area (Å²) in [7, 11) is 0. The number of aromatic nitrogens is 2. The summed E-state index contributed by atoms with van der Waals surface area (Å²) in [4.78, 5) is 9.05. The first-order valence-corrected chi connectivity index (χ1v) is 6.94. The molecule has 0 aliphatic rings. The largest absolute Gasteiger partial charge is 0.370 e. The summed E-state index contributed by atoms with van der Waals surface area (Å²) < 4.78 is 0. The molecule has 0 atom stereocenters. The van der Waals surface area contributed by atoms with E-state index in [1.807, 2.05) is 54.6 Å². The number of nitrogens with one attached hydrogen (secondary N) is 1. The Labute approximate surface area is 155 Å². The predicted octanol–water partition coefficient (Wildman–Crippen LogP) is 3.72. The van der Waals surface area contributed by atoms with Crippen LogP contribution >= 0.6 is 0 Å². The SMILES string of the molecule is CCNc1nc([C-]=Cc2[c-]cccc2)nc2ccccc12.[Y]. The smallest absolute Gasteiger partial charge is 0.136 e. The molecule has 1 heterocycles. The van der Waals surface area contributed by atoms with E-state index in [9.17, 15) is 0 Å². The molecule has 1 radical (unpaired) electrons. The summed E-state index contributed by atoms with van der Waals surface area (Å²) in [5, 5.41) is 4.30. The van der Waals surface area contributed by atoms with Crippen LogP contribution in [0.3, 0.4) is 0 Å². The Kier molecular flexibility index (Phi) is 6.23. The van der Waals surface area contributed by atoms with Gasteiger partial charge in [-0.3, -0.25) is 6.08 Å². The molecule has 3 nitrogen and oxygen atoms in total. The molecule has 0 aliphatic carbocycles. The molecule has 0 saturated heterocycles. The number of hydrogen-bond acceptors (Lipinski definition) is 3. The van der Waals surface area contributed by atoms with Crippen molar-refractivity contribution in [2.45, 2.75) is 6.92 Å². The van der Waals surface area contributed by atoms with Crippen LogP contribution in [0, 0.1) is 12.1 Å². The van der Waals surface area contributed by atoms with Crippen LogP contribution in [0.15, 0.2) is 48.5 Å². The van der Waals surface area contributed by atoms with Gasteiger partial charge in [0.1, 0.15) is 5.82 Å². The minimum Gasteiger partial charge on any atom is -0.370 e. The van der Waals surface area contributed by atoms with Gasteiger partial charge in [0, 0.05) is 44.6 Å². The van der Waals surface area contributed by atoms with Crippen LogP contribution in [0.5, 0.6) is 0 Å². The molecule has 4 heteroatoms. The van der Waals surface area contributed by atoms with Gasteiger partial charge in [-0.2, -0.15) is 12.1 Å². The van der Waals surface area contributed by atoms with Crippen molar-refractivity contribution in [1.82, 2.24) is 9.97 Å². The van der Waals surface area contributed by atoms with Crippen molar-refractivity contribution in [3.63, 3.8) is 0 Å². The second-order valence-electron chi connectivity index (χ2n) is 4.55. The van der Waals surface area contributed by atoms with Gasteiger partial charge in [0.05, 0.1) is 11.3 Å². The van der Waals surface area contributed by atoms with E-state index >= 15 is 0 Å². The maximum atomic E-state index is 4.53. The van der Waals surface area contributed by atoms with Crippen LogP contribution < -0.4 is 5.32 Å².